The van der Waals surface area contributed by atoms with Crippen LogP contribution in [0.1, 0.15) is 12.5 Å². The quantitative estimate of drug-likeness (QED) is 0.521. The van der Waals surface area contributed by atoms with Crippen LogP contribution in [0.3, 0.4) is 0 Å². The minimum Gasteiger partial charge on any atom is -0.258 e. The average Bonchev–Trinajstić information content (AvgIpc) is 2.78. The van der Waals surface area contributed by atoms with Gasteiger partial charge in [0.25, 0.3) is 5.69 Å². The van der Waals surface area contributed by atoms with E-state index < -0.39 is 4.92 Å². The number of aromatic nitrogens is 3. The van der Waals surface area contributed by atoms with Crippen LogP contribution in [0.5, 0.6) is 0 Å². The van der Waals surface area contributed by atoms with Gasteiger partial charge in [-0.2, -0.15) is 0 Å². The van der Waals surface area contributed by atoms with Crippen LogP contribution in [0.2, 0.25) is 0 Å². The van der Waals surface area contributed by atoms with E-state index in [1.807, 2.05) is 6.92 Å². The molecule has 1 N–H and O–H groups in total. The van der Waals surface area contributed by atoms with E-state index >= 15 is 0 Å². The van der Waals surface area contributed by atoms with Gasteiger partial charge >= 0.3 is 0 Å². The largest absolute Gasteiger partial charge is 0.273 e. The summed E-state index contributed by atoms with van der Waals surface area (Å²) in [6.07, 6.45) is 0. The zero-order valence-corrected chi connectivity index (χ0v) is 10.8. The predicted octanol–water partition coefficient (Wildman–Crippen LogP) is 2.80. The first kappa shape index (κ1) is 12.6. The van der Waals surface area contributed by atoms with E-state index in [-0.39, 0.29) is 5.69 Å². The van der Waals surface area contributed by atoms with Gasteiger partial charge < -0.3 is 0 Å². The maximum atomic E-state index is 10.9. The van der Waals surface area contributed by atoms with Gasteiger partial charge in [-0.05, 0) is 12.7 Å². The highest BCUT2D eigenvalue weighted by atomic mass is 32.2. The summed E-state index contributed by atoms with van der Waals surface area (Å²) in [5, 5.41) is 18.4. The summed E-state index contributed by atoms with van der Waals surface area (Å²) in [4.78, 5) is 14.8. The average molecular weight is 264 g/mol. The highest BCUT2D eigenvalue weighted by Crippen LogP contribution is 2.28. The summed E-state index contributed by atoms with van der Waals surface area (Å²) in [6, 6.07) is 4.93. The van der Waals surface area contributed by atoms with Gasteiger partial charge in [-0.1, -0.05) is 30.8 Å². The summed E-state index contributed by atoms with van der Waals surface area (Å²) in [5.74, 6) is 1.44. The first-order valence-corrected chi connectivity index (χ1v) is 6.41. The Balaban J connectivity index is 2.43. The Morgan fingerprint density at radius 1 is 1.50 bits per heavy atom. The molecule has 1 aromatic heterocycles. The van der Waals surface area contributed by atoms with Gasteiger partial charge in [0.1, 0.15) is 0 Å². The molecule has 0 saturated heterocycles. The number of benzene rings is 1. The number of nitro benzene ring substituents is 1. The summed E-state index contributed by atoms with van der Waals surface area (Å²) in [5.41, 5.74) is 1.39. The van der Waals surface area contributed by atoms with E-state index in [4.69, 9.17) is 0 Å². The number of nitrogens with zero attached hydrogens (tertiary/aromatic N) is 3. The van der Waals surface area contributed by atoms with E-state index in [9.17, 15) is 10.1 Å². The molecule has 0 amide bonds. The van der Waals surface area contributed by atoms with Crippen LogP contribution in [0, 0.1) is 17.0 Å². The van der Waals surface area contributed by atoms with E-state index in [2.05, 4.69) is 15.2 Å². The highest BCUT2D eigenvalue weighted by Gasteiger charge is 2.16. The fourth-order valence-corrected chi connectivity index (χ4v) is 2.16. The highest BCUT2D eigenvalue weighted by molar-refractivity contribution is 7.99. The number of H-pyrrole nitrogens is 1. The molecule has 0 radical (unpaired) electrons. The van der Waals surface area contributed by atoms with Crippen molar-refractivity contribution in [3.63, 3.8) is 0 Å². The molecule has 1 heterocycles. The molecule has 0 saturated carbocycles. The summed E-state index contributed by atoms with van der Waals surface area (Å²) < 4.78 is 0. The molecule has 1 aromatic carbocycles. The first-order valence-electron chi connectivity index (χ1n) is 5.43. The Morgan fingerprint density at radius 2 is 2.28 bits per heavy atom. The van der Waals surface area contributed by atoms with Crippen LogP contribution < -0.4 is 0 Å². The Morgan fingerprint density at radius 3 is 2.94 bits per heavy atom. The normalized spacial score (nSPS) is 10.6. The fraction of sp³-hybridized carbons (Fsp3) is 0.273. The lowest BCUT2D eigenvalue weighted by molar-refractivity contribution is -0.385. The summed E-state index contributed by atoms with van der Waals surface area (Å²) in [7, 11) is 0. The number of hydrogen-bond donors (Lipinski definition) is 1. The molecular weight excluding hydrogens is 252 g/mol. The Hall–Kier alpha value is -1.89. The minimum atomic E-state index is -0.392. The third kappa shape index (κ3) is 2.35. The van der Waals surface area contributed by atoms with E-state index in [1.54, 1.807) is 19.1 Å². The number of nitrogens with one attached hydrogen (secondary N) is 1. The van der Waals surface area contributed by atoms with E-state index in [0.29, 0.717) is 22.1 Å². The van der Waals surface area contributed by atoms with E-state index in [0.717, 1.165) is 5.75 Å². The van der Waals surface area contributed by atoms with Gasteiger partial charge in [0, 0.05) is 17.2 Å². The van der Waals surface area contributed by atoms with Gasteiger partial charge in [-0.15, -0.1) is 5.10 Å². The van der Waals surface area contributed by atoms with Gasteiger partial charge in [0.2, 0.25) is 5.16 Å². The molecular formula is C11H12N4O2S. The second-order valence-corrected chi connectivity index (χ2v) is 4.84. The standard InChI is InChI=1S/C11H12N4O2S/c1-3-18-11-12-10(13-14-11)8-5-4-6-9(7(8)2)15(16)17/h4-6H,3H2,1-2H3,(H,12,13,14). The van der Waals surface area contributed by atoms with Crippen LogP contribution in [0.4, 0.5) is 5.69 Å². The van der Waals surface area contributed by atoms with Gasteiger partial charge in [-0.3, -0.25) is 15.2 Å². The van der Waals surface area contributed by atoms with Crippen LogP contribution in [0.15, 0.2) is 23.4 Å². The van der Waals surface area contributed by atoms with Crippen molar-refractivity contribution in [1.82, 2.24) is 15.2 Å². The second-order valence-electron chi connectivity index (χ2n) is 3.61. The van der Waals surface area contributed by atoms with Crippen molar-refractivity contribution >= 4 is 17.4 Å². The minimum absolute atomic E-state index is 0.0913. The van der Waals surface area contributed by atoms with Crippen LogP contribution in [-0.4, -0.2) is 25.9 Å². The molecule has 7 heteroatoms. The molecule has 0 aliphatic carbocycles. The van der Waals surface area contributed by atoms with Gasteiger partial charge in [-0.25, -0.2) is 4.98 Å². The van der Waals surface area contributed by atoms with Gasteiger partial charge in [0.15, 0.2) is 5.82 Å². The third-order valence-corrected chi connectivity index (χ3v) is 3.22. The topological polar surface area (TPSA) is 84.7 Å². The number of hydrogen-bond acceptors (Lipinski definition) is 5. The lowest BCUT2D eigenvalue weighted by Gasteiger charge is -2.02. The predicted molar refractivity (Wildman–Crippen MR) is 69.6 cm³/mol. The zero-order valence-electron chi connectivity index (χ0n) is 10.0. The first-order chi connectivity index (χ1) is 8.63. The molecule has 94 valence electrons. The van der Waals surface area contributed by atoms with Crippen molar-refractivity contribution in [2.45, 2.75) is 19.0 Å². The van der Waals surface area contributed by atoms with Crippen molar-refractivity contribution in [3.05, 3.63) is 33.9 Å². The molecule has 0 atom stereocenters. The van der Waals surface area contributed by atoms with Crippen LogP contribution in [0.25, 0.3) is 11.4 Å². The molecule has 0 bridgehead atoms. The monoisotopic (exact) mass is 264 g/mol. The lowest BCUT2D eigenvalue weighted by Crippen LogP contribution is -1.94. The lowest BCUT2D eigenvalue weighted by atomic mass is 10.1. The van der Waals surface area contributed by atoms with Gasteiger partial charge in [0.05, 0.1) is 4.92 Å². The Kier molecular flexibility index (Phi) is 3.61. The van der Waals surface area contributed by atoms with Crippen molar-refractivity contribution in [3.8, 4) is 11.4 Å². The number of rotatable bonds is 4. The molecule has 2 aromatic rings. The maximum absolute atomic E-state index is 10.9. The summed E-state index contributed by atoms with van der Waals surface area (Å²) >= 11 is 1.52. The second kappa shape index (κ2) is 5.18. The van der Waals surface area contributed by atoms with Crippen molar-refractivity contribution in [2.24, 2.45) is 0 Å². The SMILES string of the molecule is CCSc1n[nH]c(-c2cccc([N+](=O)[O-])c2C)n1. The van der Waals surface area contributed by atoms with Crippen molar-refractivity contribution in [2.75, 3.05) is 5.75 Å². The Bertz CT molecular complexity index is 582. The maximum Gasteiger partial charge on any atom is 0.273 e. The number of aromatic amines is 1. The summed E-state index contributed by atoms with van der Waals surface area (Å²) in [6.45, 7) is 3.72. The van der Waals surface area contributed by atoms with Crippen molar-refractivity contribution in [1.29, 1.82) is 0 Å². The molecule has 6 nitrogen and oxygen atoms in total. The zero-order chi connectivity index (χ0) is 13.1. The molecule has 0 fully saturated rings. The molecule has 2 rings (SSSR count). The smallest absolute Gasteiger partial charge is 0.258 e. The number of nitro groups is 1. The molecule has 0 spiro atoms. The third-order valence-electron chi connectivity index (χ3n) is 2.50. The molecule has 0 unspecified atom stereocenters. The Labute approximate surface area is 108 Å². The fourth-order valence-electron chi connectivity index (χ4n) is 1.64. The van der Waals surface area contributed by atoms with Crippen LogP contribution >= 0.6 is 11.8 Å². The van der Waals surface area contributed by atoms with Crippen LogP contribution in [-0.2, 0) is 0 Å². The van der Waals surface area contributed by atoms with E-state index in [1.165, 1.54) is 17.8 Å². The molecule has 0 aliphatic heterocycles. The van der Waals surface area contributed by atoms with Crippen molar-refractivity contribution < 1.29 is 4.92 Å². The molecule has 18 heavy (non-hydrogen) atoms. The molecule has 0 aliphatic rings. The number of thioether (sulfide) groups is 1.